The summed E-state index contributed by atoms with van der Waals surface area (Å²) in [4.78, 5) is 39.2. The van der Waals surface area contributed by atoms with Gasteiger partial charge >= 0.3 is 5.69 Å². The van der Waals surface area contributed by atoms with Crippen molar-refractivity contribution in [2.24, 2.45) is 0 Å². The Hall–Kier alpha value is -3.15. The summed E-state index contributed by atoms with van der Waals surface area (Å²) in [6, 6.07) is 12.7. The van der Waals surface area contributed by atoms with Crippen molar-refractivity contribution in [3.63, 3.8) is 0 Å². The number of aryl methyl sites for hydroxylation is 2. The van der Waals surface area contributed by atoms with Gasteiger partial charge in [-0.15, -0.1) is 0 Å². The summed E-state index contributed by atoms with van der Waals surface area (Å²) in [6.07, 6.45) is 1.48. The zero-order chi connectivity index (χ0) is 21.1. The molecule has 1 N–H and O–H groups in total. The van der Waals surface area contributed by atoms with Crippen LogP contribution in [-0.2, 0) is 17.8 Å². The molecule has 0 aliphatic heterocycles. The van der Waals surface area contributed by atoms with Gasteiger partial charge in [0.2, 0.25) is 5.91 Å². The minimum absolute atomic E-state index is 0.0124. The van der Waals surface area contributed by atoms with Crippen molar-refractivity contribution < 1.29 is 4.79 Å². The Balaban J connectivity index is 2.29. The van der Waals surface area contributed by atoms with Crippen LogP contribution in [0.25, 0.3) is 16.6 Å². The molecule has 0 saturated carbocycles. The molecule has 1 atom stereocenters. The second-order valence-electron chi connectivity index (χ2n) is 7.39. The number of rotatable bonds is 6. The van der Waals surface area contributed by atoms with Crippen LogP contribution in [0.1, 0.15) is 38.3 Å². The Labute approximate surface area is 169 Å². The number of carbonyl (C=O) groups is 1. The van der Waals surface area contributed by atoms with E-state index in [2.05, 4.69) is 5.32 Å². The fourth-order valence-corrected chi connectivity index (χ4v) is 3.45. The van der Waals surface area contributed by atoms with E-state index in [-0.39, 0.29) is 24.1 Å². The van der Waals surface area contributed by atoms with Gasteiger partial charge in [0.15, 0.2) is 0 Å². The van der Waals surface area contributed by atoms with Gasteiger partial charge in [0.1, 0.15) is 6.54 Å². The van der Waals surface area contributed by atoms with Crippen LogP contribution in [0.15, 0.2) is 52.1 Å². The first-order chi connectivity index (χ1) is 13.9. The lowest BCUT2D eigenvalue weighted by molar-refractivity contribution is -0.122. The summed E-state index contributed by atoms with van der Waals surface area (Å²) in [5.41, 5.74) is 1.97. The molecule has 1 aromatic heterocycles. The molecule has 29 heavy (non-hydrogen) atoms. The molecule has 1 heterocycles. The number of hydrogen-bond donors (Lipinski definition) is 1. The van der Waals surface area contributed by atoms with Gasteiger partial charge in [-0.3, -0.25) is 14.2 Å². The number of nitrogens with one attached hydrogen (secondary N) is 1. The maximum atomic E-state index is 13.4. The summed E-state index contributed by atoms with van der Waals surface area (Å²) >= 11 is 0. The smallest absolute Gasteiger partial charge is 0.336 e. The van der Waals surface area contributed by atoms with Crippen LogP contribution in [0, 0.1) is 6.92 Å². The van der Waals surface area contributed by atoms with Gasteiger partial charge in [0, 0.05) is 6.04 Å². The summed E-state index contributed by atoms with van der Waals surface area (Å²) in [5, 5.41) is 3.31. The third-order valence-corrected chi connectivity index (χ3v) is 5.23. The van der Waals surface area contributed by atoms with E-state index in [9.17, 15) is 14.4 Å². The van der Waals surface area contributed by atoms with E-state index in [1.807, 2.05) is 45.9 Å². The van der Waals surface area contributed by atoms with E-state index in [0.717, 1.165) is 17.5 Å². The number of para-hydroxylation sites is 1. The second kappa shape index (κ2) is 8.47. The van der Waals surface area contributed by atoms with Crippen molar-refractivity contribution in [3.8, 4) is 5.69 Å². The fraction of sp³-hybridized carbons (Fsp3) is 0.348. The van der Waals surface area contributed by atoms with Crippen molar-refractivity contribution in [1.82, 2.24) is 14.5 Å². The first kappa shape index (κ1) is 20.6. The van der Waals surface area contributed by atoms with Crippen molar-refractivity contribution in [2.75, 3.05) is 0 Å². The van der Waals surface area contributed by atoms with Gasteiger partial charge in [-0.2, -0.15) is 0 Å². The first-order valence-electron chi connectivity index (χ1n) is 10.0. The van der Waals surface area contributed by atoms with Gasteiger partial charge < -0.3 is 5.32 Å². The van der Waals surface area contributed by atoms with Crippen molar-refractivity contribution in [2.45, 2.75) is 53.1 Å². The molecule has 152 valence electrons. The Bertz CT molecular complexity index is 1170. The van der Waals surface area contributed by atoms with Crippen molar-refractivity contribution in [3.05, 3.63) is 74.4 Å². The number of aromatic nitrogens is 2. The topological polar surface area (TPSA) is 73.1 Å². The van der Waals surface area contributed by atoms with Gasteiger partial charge in [-0.25, -0.2) is 9.36 Å². The van der Waals surface area contributed by atoms with Crippen LogP contribution in [0.2, 0.25) is 0 Å². The molecule has 6 nitrogen and oxygen atoms in total. The third-order valence-electron chi connectivity index (χ3n) is 5.23. The molecule has 2 aromatic carbocycles. The normalized spacial score (nSPS) is 12.1. The molecule has 0 aliphatic carbocycles. The average molecular weight is 393 g/mol. The minimum atomic E-state index is -0.508. The molecule has 0 bridgehead atoms. The average Bonchev–Trinajstić information content (AvgIpc) is 2.71. The molecule has 6 heteroatoms. The highest BCUT2D eigenvalue weighted by Gasteiger charge is 2.18. The molecule has 3 rings (SSSR count). The van der Waals surface area contributed by atoms with Crippen LogP contribution in [0.4, 0.5) is 0 Å². The van der Waals surface area contributed by atoms with Gasteiger partial charge in [-0.1, -0.05) is 43.7 Å². The first-order valence-corrected chi connectivity index (χ1v) is 10.0. The summed E-state index contributed by atoms with van der Waals surface area (Å²) in [5.74, 6) is -0.252. The van der Waals surface area contributed by atoms with E-state index in [1.54, 1.807) is 24.3 Å². The Morgan fingerprint density at radius 1 is 1.10 bits per heavy atom. The third kappa shape index (κ3) is 4.01. The van der Waals surface area contributed by atoms with Crippen molar-refractivity contribution >= 4 is 16.8 Å². The van der Waals surface area contributed by atoms with Gasteiger partial charge in [0.25, 0.3) is 5.56 Å². The predicted molar refractivity (Wildman–Crippen MR) is 116 cm³/mol. The molecule has 0 aliphatic rings. The molecule has 1 amide bonds. The van der Waals surface area contributed by atoms with Crippen LogP contribution in [0.3, 0.4) is 0 Å². The number of fused-ring (bicyclic) bond motifs is 1. The largest absolute Gasteiger partial charge is 0.352 e. The van der Waals surface area contributed by atoms with E-state index in [0.29, 0.717) is 23.0 Å². The van der Waals surface area contributed by atoms with Gasteiger partial charge in [-0.05, 0) is 50.5 Å². The Kier molecular flexibility index (Phi) is 6.01. The highest BCUT2D eigenvalue weighted by atomic mass is 16.2. The number of amides is 1. The second-order valence-corrected chi connectivity index (χ2v) is 7.39. The summed E-state index contributed by atoms with van der Waals surface area (Å²) in [7, 11) is 0. The van der Waals surface area contributed by atoms with E-state index in [1.165, 1.54) is 9.13 Å². The van der Waals surface area contributed by atoms with Crippen LogP contribution < -0.4 is 16.6 Å². The number of benzene rings is 2. The molecule has 0 saturated heterocycles. The van der Waals surface area contributed by atoms with E-state index in [4.69, 9.17) is 0 Å². The standard InChI is InChI=1S/C23H27N3O3/c1-5-16(4)24-21(27)14-25-20-12-11-15(3)13-18(20)22(28)26(23(25)29)19-10-8-7-9-17(19)6-2/h7-13,16H,5-6,14H2,1-4H3,(H,24,27)/t16-/m1/s1. The molecular weight excluding hydrogens is 366 g/mol. The van der Waals surface area contributed by atoms with E-state index < -0.39 is 5.69 Å². The fourth-order valence-electron chi connectivity index (χ4n) is 3.45. The number of nitrogens with zero attached hydrogens (tertiary/aromatic N) is 2. The van der Waals surface area contributed by atoms with Gasteiger partial charge in [0.05, 0.1) is 16.6 Å². The number of hydrogen-bond acceptors (Lipinski definition) is 3. The lowest BCUT2D eigenvalue weighted by atomic mass is 10.1. The molecule has 0 unspecified atom stereocenters. The minimum Gasteiger partial charge on any atom is -0.352 e. The lowest BCUT2D eigenvalue weighted by Gasteiger charge is -2.17. The van der Waals surface area contributed by atoms with Crippen LogP contribution >= 0.6 is 0 Å². The zero-order valence-corrected chi connectivity index (χ0v) is 17.4. The van der Waals surface area contributed by atoms with Crippen LogP contribution in [-0.4, -0.2) is 21.1 Å². The maximum Gasteiger partial charge on any atom is 0.336 e. The molecule has 0 spiro atoms. The summed E-state index contributed by atoms with van der Waals surface area (Å²) in [6.45, 7) is 7.64. The zero-order valence-electron chi connectivity index (χ0n) is 17.4. The van der Waals surface area contributed by atoms with Crippen LogP contribution in [0.5, 0.6) is 0 Å². The Morgan fingerprint density at radius 3 is 2.52 bits per heavy atom. The quantitative estimate of drug-likeness (QED) is 0.700. The maximum absolute atomic E-state index is 13.4. The Morgan fingerprint density at radius 2 is 1.83 bits per heavy atom. The number of carbonyl (C=O) groups excluding carboxylic acids is 1. The highest BCUT2D eigenvalue weighted by Crippen LogP contribution is 2.15. The SMILES string of the molecule is CCc1ccccc1-n1c(=O)c2cc(C)ccc2n(CC(=O)N[C@H](C)CC)c1=O. The lowest BCUT2D eigenvalue weighted by Crippen LogP contribution is -2.43. The van der Waals surface area contributed by atoms with Crippen molar-refractivity contribution in [1.29, 1.82) is 0 Å². The van der Waals surface area contributed by atoms with E-state index >= 15 is 0 Å². The predicted octanol–water partition coefficient (Wildman–Crippen LogP) is 2.94. The molecular formula is C23H27N3O3. The molecule has 3 aromatic rings. The highest BCUT2D eigenvalue weighted by molar-refractivity contribution is 5.82. The summed E-state index contributed by atoms with van der Waals surface area (Å²) < 4.78 is 2.58. The monoisotopic (exact) mass is 393 g/mol. The molecule has 0 radical (unpaired) electrons. The molecule has 0 fully saturated rings.